The molecule has 0 aliphatic rings. The molecule has 1 aromatic rings. The SMILES string of the molecule is COCCOCCc1ccn(CCOCCOC)c1. The van der Waals surface area contributed by atoms with Crippen LogP contribution in [0.25, 0.3) is 0 Å². The predicted molar refractivity (Wildman–Crippen MR) is 73.5 cm³/mol. The van der Waals surface area contributed by atoms with Gasteiger partial charge in [-0.15, -0.1) is 0 Å². The van der Waals surface area contributed by atoms with Crippen LogP contribution in [0, 0.1) is 0 Å². The lowest BCUT2D eigenvalue weighted by atomic mass is 10.2. The van der Waals surface area contributed by atoms with E-state index in [4.69, 9.17) is 18.9 Å². The van der Waals surface area contributed by atoms with Crippen molar-refractivity contribution in [2.45, 2.75) is 13.0 Å². The van der Waals surface area contributed by atoms with Gasteiger partial charge in [-0.25, -0.2) is 0 Å². The van der Waals surface area contributed by atoms with Crippen LogP contribution in [0.5, 0.6) is 0 Å². The Morgan fingerprint density at radius 1 is 0.895 bits per heavy atom. The number of hydrogen-bond donors (Lipinski definition) is 0. The first-order valence-corrected chi connectivity index (χ1v) is 6.65. The Morgan fingerprint density at radius 2 is 1.58 bits per heavy atom. The van der Waals surface area contributed by atoms with E-state index in [2.05, 4.69) is 23.0 Å². The molecule has 0 bridgehead atoms. The molecule has 5 heteroatoms. The zero-order valence-corrected chi connectivity index (χ0v) is 12.0. The fraction of sp³-hybridized carbons (Fsp3) is 0.714. The van der Waals surface area contributed by atoms with Gasteiger partial charge in [0.25, 0.3) is 0 Å². The van der Waals surface area contributed by atoms with Gasteiger partial charge in [-0.3, -0.25) is 0 Å². The third kappa shape index (κ3) is 8.00. The van der Waals surface area contributed by atoms with Crippen LogP contribution in [-0.4, -0.2) is 58.4 Å². The normalized spacial score (nSPS) is 11.1. The summed E-state index contributed by atoms with van der Waals surface area (Å²) in [6.07, 6.45) is 5.14. The summed E-state index contributed by atoms with van der Waals surface area (Å²) < 4.78 is 22.8. The van der Waals surface area contributed by atoms with Crippen molar-refractivity contribution in [3.05, 3.63) is 24.0 Å². The molecule has 1 heterocycles. The quantitative estimate of drug-likeness (QED) is 0.538. The minimum absolute atomic E-state index is 0.649. The molecular formula is C14H25NO4. The van der Waals surface area contributed by atoms with Crippen molar-refractivity contribution in [3.63, 3.8) is 0 Å². The second-order valence-electron chi connectivity index (χ2n) is 4.22. The highest BCUT2D eigenvalue weighted by atomic mass is 16.5. The Kier molecular flexibility index (Phi) is 9.36. The number of nitrogens with zero attached hydrogens (tertiary/aromatic N) is 1. The van der Waals surface area contributed by atoms with E-state index in [1.165, 1.54) is 5.56 Å². The minimum Gasteiger partial charge on any atom is -0.382 e. The molecule has 0 aromatic carbocycles. The lowest BCUT2D eigenvalue weighted by Gasteiger charge is -2.05. The molecule has 0 unspecified atom stereocenters. The summed E-state index contributed by atoms with van der Waals surface area (Å²) in [5.41, 5.74) is 1.29. The highest BCUT2D eigenvalue weighted by Gasteiger charge is 1.98. The molecule has 0 aliphatic heterocycles. The molecule has 0 N–H and O–H groups in total. The van der Waals surface area contributed by atoms with E-state index in [9.17, 15) is 0 Å². The van der Waals surface area contributed by atoms with E-state index in [-0.39, 0.29) is 0 Å². The molecule has 0 saturated heterocycles. The molecule has 1 aromatic heterocycles. The maximum atomic E-state index is 5.44. The molecule has 0 radical (unpaired) electrons. The van der Waals surface area contributed by atoms with Gasteiger partial charge < -0.3 is 23.5 Å². The van der Waals surface area contributed by atoms with Crippen molar-refractivity contribution in [1.29, 1.82) is 0 Å². The lowest BCUT2D eigenvalue weighted by Crippen LogP contribution is -2.08. The van der Waals surface area contributed by atoms with Crippen molar-refractivity contribution < 1.29 is 18.9 Å². The van der Waals surface area contributed by atoms with Gasteiger partial charge in [-0.1, -0.05) is 0 Å². The molecule has 0 aliphatic carbocycles. The molecule has 1 rings (SSSR count). The molecule has 0 saturated carbocycles. The van der Waals surface area contributed by atoms with Gasteiger partial charge in [0, 0.05) is 33.2 Å². The van der Waals surface area contributed by atoms with Crippen LogP contribution >= 0.6 is 0 Å². The highest BCUT2D eigenvalue weighted by molar-refractivity contribution is 5.10. The van der Waals surface area contributed by atoms with Gasteiger partial charge in [-0.2, -0.15) is 0 Å². The number of ether oxygens (including phenoxy) is 4. The number of rotatable bonds is 12. The first-order chi connectivity index (χ1) is 9.36. The highest BCUT2D eigenvalue weighted by Crippen LogP contribution is 2.02. The van der Waals surface area contributed by atoms with Gasteiger partial charge in [0.2, 0.25) is 0 Å². The second kappa shape index (κ2) is 11.0. The number of methoxy groups -OCH3 is 2. The first-order valence-electron chi connectivity index (χ1n) is 6.65. The zero-order chi connectivity index (χ0) is 13.8. The maximum absolute atomic E-state index is 5.44. The van der Waals surface area contributed by atoms with E-state index in [0.29, 0.717) is 33.0 Å². The van der Waals surface area contributed by atoms with Gasteiger partial charge in [-0.05, 0) is 18.1 Å². The molecule has 0 amide bonds. The van der Waals surface area contributed by atoms with Crippen LogP contribution in [0.15, 0.2) is 18.5 Å². The molecule has 19 heavy (non-hydrogen) atoms. The van der Waals surface area contributed by atoms with Crippen molar-refractivity contribution in [2.75, 3.05) is 53.9 Å². The average Bonchev–Trinajstić information content (AvgIpc) is 2.86. The van der Waals surface area contributed by atoms with Crippen molar-refractivity contribution in [2.24, 2.45) is 0 Å². The van der Waals surface area contributed by atoms with E-state index < -0.39 is 0 Å². The van der Waals surface area contributed by atoms with E-state index in [0.717, 1.165) is 19.6 Å². The number of aromatic nitrogens is 1. The Labute approximate surface area is 115 Å². The summed E-state index contributed by atoms with van der Waals surface area (Å²) in [4.78, 5) is 0. The molecule has 110 valence electrons. The molecule has 5 nitrogen and oxygen atoms in total. The van der Waals surface area contributed by atoms with Crippen LogP contribution in [-0.2, 0) is 31.9 Å². The Balaban J connectivity index is 2.07. The summed E-state index contributed by atoms with van der Waals surface area (Å²) in [5.74, 6) is 0. The summed E-state index contributed by atoms with van der Waals surface area (Å²) in [6, 6.07) is 2.12. The molecular weight excluding hydrogens is 246 g/mol. The fourth-order valence-corrected chi connectivity index (χ4v) is 1.63. The van der Waals surface area contributed by atoms with Gasteiger partial charge in [0.15, 0.2) is 0 Å². The molecule has 0 spiro atoms. The van der Waals surface area contributed by atoms with Crippen LogP contribution in [0.4, 0.5) is 0 Å². The zero-order valence-electron chi connectivity index (χ0n) is 12.0. The van der Waals surface area contributed by atoms with Crippen LogP contribution in [0.2, 0.25) is 0 Å². The standard InChI is InChI=1S/C14H25NO4/c1-16-9-11-18-7-4-14-3-5-15(13-14)6-8-19-12-10-17-2/h3,5,13H,4,6-12H2,1-2H3. The van der Waals surface area contributed by atoms with Gasteiger partial charge in [0.1, 0.15) is 0 Å². The third-order valence-electron chi connectivity index (χ3n) is 2.70. The fourth-order valence-electron chi connectivity index (χ4n) is 1.63. The summed E-state index contributed by atoms with van der Waals surface area (Å²) in [7, 11) is 3.36. The Morgan fingerprint density at radius 3 is 2.26 bits per heavy atom. The van der Waals surface area contributed by atoms with Crippen LogP contribution in [0.3, 0.4) is 0 Å². The van der Waals surface area contributed by atoms with E-state index in [1.54, 1.807) is 14.2 Å². The topological polar surface area (TPSA) is 41.9 Å². The van der Waals surface area contributed by atoms with Gasteiger partial charge >= 0.3 is 0 Å². The van der Waals surface area contributed by atoms with E-state index in [1.807, 2.05) is 0 Å². The Hall–Kier alpha value is -0.880. The lowest BCUT2D eigenvalue weighted by molar-refractivity contribution is 0.0665. The maximum Gasteiger partial charge on any atom is 0.0701 e. The largest absolute Gasteiger partial charge is 0.382 e. The summed E-state index contributed by atoms with van der Waals surface area (Å²) >= 11 is 0. The number of hydrogen-bond acceptors (Lipinski definition) is 4. The van der Waals surface area contributed by atoms with Crippen LogP contribution < -0.4 is 0 Å². The van der Waals surface area contributed by atoms with Crippen molar-refractivity contribution in [3.8, 4) is 0 Å². The van der Waals surface area contributed by atoms with Crippen molar-refractivity contribution >= 4 is 0 Å². The van der Waals surface area contributed by atoms with Gasteiger partial charge in [0.05, 0.1) is 39.6 Å². The first kappa shape index (κ1) is 16.2. The van der Waals surface area contributed by atoms with Crippen molar-refractivity contribution in [1.82, 2.24) is 4.57 Å². The second-order valence-corrected chi connectivity index (χ2v) is 4.22. The van der Waals surface area contributed by atoms with Crippen LogP contribution in [0.1, 0.15) is 5.56 Å². The summed E-state index contributed by atoms with van der Waals surface area (Å²) in [5, 5.41) is 0. The van der Waals surface area contributed by atoms with E-state index >= 15 is 0 Å². The predicted octanol–water partition coefficient (Wildman–Crippen LogP) is 1.36. The molecule has 0 fully saturated rings. The third-order valence-corrected chi connectivity index (χ3v) is 2.70. The molecule has 0 atom stereocenters. The smallest absolute Gasteiger partial charge is 0.0701 e. The Bertz CT molecular complexity index is 286. The monoisotopic (exact) mass is 271 g/mol. The summed E-state index contributed by atoms with van der Waals surface area (Å²) in [6.45, 7) is 4.92. The average molecular weight is 271 g/mol. The minimum atomic E-state index is 0.649.